The lowest BCUT2D eigenvalue weighted by Gasteiger charge is -2.21. The summed E-state index contributed by atoms with van der Waals surface area (Å²) in [6.45, 7) is 4.66. The first-order valence-electron chi connectivity index (χ1n) is 7.44. The van der Waals surface area contributed by atoms with Crippen LogP contribution in [0.5, 0.6) is 0 Å². The van der Waals surface area contributed by atoms with Gasteiger partial charge in [0.25, 0.3) is 0 Å². The smallest absolute Gasteiger partial charge is 0.129 e. The van der Waals surface area contributed by atoms with E-state index < -0.39 is 11.6 Å². The molecule has 0 spiro atoms. The lowest BCUT2D eigenvalue weighted by molar-refractivity contribution is 0.181. The van der Waals surface area contributed by atoms with Crippen molar-refractivity contribution in [1.82, 2.24) is 5.32 Å². The van der Waals surface area contributed by atoms with Crippen LogP contribution in [0.15, 0.2) is 18.2 Å². The minimum absolute atomic E-state index is 0.224. The number of halogens is 2. The molecule has 0 aromatic heterocycles. The molecule has 1 aromatic carbocycles. The molecular formula is C16H23F2NO. The van der Waals surface area contributed by atoms with Crippen molar-refractivity contribution in [3.05, 3.63) is 35.4 Å². The molecule has 0 radical (unpaired) electrons. The van der Waals surface area contributed by atoms with Crippen molar-refractivity contribution >= 4 is 0 Å². The van der Waals surface area contributed by atoms with Crippen LogP contribution in [0, 0.1) is 17.6 Å². The predicted molar refractivity (Wildman–Crippen MR) is 75.7 cm³/mol. The zero-order valence-corrected chi connectivity index (χ0v) is 12.0. The summed E-state index contributed by atoms with van der Waals surface area (Å²) in [6.07, 6.45) is 3.71. The molecule has 2 unspecified atom stereocenters. The standard InChI is InChI=1S/C16H23F2NO/c1-2-6-19-15(8-12-5-7-20-11-12)9-13-3-4-14(17)10-16(13)18/h3-4,10,12,15,19H,2,5-9,11H2,1H3. The van der Waals surface area contributed by atoms with E-state index in [1.807, 2.05) is 0 Å². The van der Waals surface area contributed by atoms with Gasteiger partial charge in [0.15, 0.2) is 0 Å². The monoisotopic (exact) mass is 283 g/mol. The van der Waals surface area contributed by atoms with Gasteiger partial charge in [-0.2, -0.15) is 0 Å². The third-order valence-corrected chi connectivity index (χ3v) is 3.81. The van der Waals surface area contributed by atoms with Crippen molar-refractivity contribution in [2.24, 2.45) is 5.92 Å². The maximum atomic E-state index is 13.8. The number of rotatable bonds is 7. The molecule has 0 aliphatic carbocycles. The molecule has 1 aromatic rings. The summed E-state index contributed by atoms with van der Waals surface area (Å²) >= 11 is 0. The predicted octanol–water partition coefficient (Wildman–Crippen LogP) is 3.30. The average molecular weight is 283 g/mol. The van der Waals surface area contributed by atoms with E-state index in [0.29, 0.717) is 17.9 Å². The van der Waals surface area contributed by atoms with Crippen molar-refractivity contribution < 1.29 is 13.5 Å². The highest BCUT2D eigenvalue weighted by Gasteiger charge is 2.21. The topological polar surface area (TPSA) is 21.3 Å². The van der Waals surface area contributed by atoms with E-state index in [0.717, 1.165) is 45.1 Å². The summed E-state index contributed by atoms with van der Waals surface area (Å²) in [4.78, 5) is 0. The summed E-state index contributed by atoms with van der Waals surface area (Å²) < 4.78 is 32.1. The van der Waals surface area contributed by atoms with Crippen LogP contribution >= 0.6 is 0 Å². The van der Waals surface area contributed by atoms with Crippen LogP contribution in [0.4, 0.5) is 8.78 Å². The third kappa shape index (κ3) is 4.53. The molecule has 0 amide bonds. The Morgan fingerprint density at radius 1 is 1.40 bits per heavy atom. The second kappa shape index (κ2) is 7.70. The number of nitrogens with one attached hydrogen (secondary N) is 1. The zero-order chi connectivity index (χ0) is 14.4. The molecule has 2 atom stereocenters. The third-order valence-electron chi connectivity index (χ3n) is 3.81. The molecule has 1 N–H and O–H groups in total. The van der Waals surface area contributed by atoms with E-state index >= 15 is 0 Å². The highest BCUT2D eigenvalue weighted by Crippen LogP contribution is 2.21. The van der Waals surface area contributed by atoms with Gasteiger partial charge in [-0.05, 0) is 49.8 Å². The van der Waals surface area contributed by atoms with E-state index in [-0.39, 0.29) is 6.04 Å². The van der Waals surface area contributed by atoms with Crippen LogP contribution in [0.1, 0.15) is 31.7 Å². The Balaban J connectivity index is 1.97. The fraction of sp³-hybridized carbons (Fsp3) is 0.625. The molecule has 112 valence electrons. The molecule has 20 heavy (non-hydrogen) atoms. The van der Waals surface area contributed by atoms with Crippen LogP contribution in [-0.2, 0) is 11.2 Å². The quantitative estimate of drug-likeness (QED) is 0.829. The Hall–Kier alpha value is -1.00. The van der Waals surface area contributed by atoms with Gasteiger partial charge in [-0.1, -0.05) is 13.0 Å². The van der Waals surface area contributed by atoms with Crippen molar-refractivity contribution in [3.63, 3.8) is 0 Å². The Kier molecular flexibility index (Phi) is 5.92. The normalized spacial score (nSPS) is 20.2. The maximum Gasteiger partial charge on any atom is 0.129 e. The number of benzene rings is 1. The second-order valence-corrected chi connectivity index (χ2v) is 5.56. The van der Waals surface area contributed by atoms with Crippen LogP contribution in [0.25, 0.3) is 0 Å². The molecule has 0 bridgehead atoms. The van der Waals surface area contributed by atoms with Gasteiger partial charge in [0, 0.05) is 25.3 Å². The molecule has 1 aliphatic rings. The number of ether oxygens (including phenoxy) is 1. The van der Waals surface area contributed by atoms with Gasteiger partial charge >= 0.3 is 0 Å². The molecule has 1 aliphatic heterocycles. The molecule has 1 fully saturated rings. The van der Waals surface area contributed by atoms with E-state index in [4.69, 9.17) is 4.74 Å². The summed E-state index contributed by atoms with van der Waals surface area (Å²) in [5, 5.41) is 3.47. The van der Waals surface area contributed by atoms with E-state index in [1.165, 1.54) is 6.07 Å². The Bertz CT molecular complexity index is 419. The van der Waals surface area contributed by atoms with Crippen LogP contribution in [0.2, 0.25) is 0 Å². The van der Waals surface area contributed by atoms with E-state index in [2.05, 4.69) is 12.2 Å². The van der Waals surface area contributed by atoms with Crippen molar-refractivity contribution in [3.8, 4) is 0 Å². The Morgan fingerprint density at radius 3 is 2.90 bits per heavy atom. The van der Waals surface area contributed by atoms with Gasteiger partial charge < -0.3 is 10.1 Å². The molecular weight excluding hydrogens is 260 g/mol. The van der Waals surface area contributed by atoms with Crippen molar-refractivity contribution in [1.29, 1.82) is 0 Å². The largest absolute Gasteiger partial charge is 0.381 e. The fourth-order valence-corrected chi connectivity index (χ4v) is 2.71. The number of hydrogen-bond donors (Lipinski definition) is 1. The van der Waals surface area contributed by atoms with Crippen LogP contribution in [-0.4, -0.2) is 25.8 Å². The summed E-state index contributed by atoms with van der Waals surface area (Å²) in [5.41, 5.74) is 0.582. The molecule has 2 rings (SSSR count). The average Bonchev–Trinajstić information content (AvgIpc) is 2.92. The first-order valence-corrected chi connectivity index (χ1v) is 7.44. The van der Waals surface area contributed by atoms with Crippen LogP contribution in [0.3, 0.4) is 0 Å². The van der Waals surface area contributed by atoms with Gasteiger partial charge in [-0.15, -0.1) is 0 Å². The Labute approximate surface area is 119 Å². The molecule has 2 nitrogen and oxygen atoms in total. The highest BCUT2D eigenvalue weighted by atomic mass is 19.1. The van der Waals surface area contributed by atoms with Crippen molar-refractivity contribution in [2.75, 3.05) is 19.8 Å². The van der Waals surface area contributed by atoms with E-state index in [9.17, 15) is 8.78 Å². The first kappa shape index (κ1) is 15.4. The highest BCUT2D eigenvalue weighted by molar-refractivity contribution is 5.19. The lowest BCUT2D eigenvalue weighted by atomic mass is 9.94. The van der Waals surface area contributed by atoms with Crippen molar-refractivity contribution in [2.45, 2.75) is 38.6 Å². The SMILES string of the molecule is CCCNC(Cc1ccc(F)cc1F)CC1CCOC1. The van der Waals surface area contributed by atoms with E-state index in [1.54, 1.807) is 6.07 Å². The zero-order valence-electron chi connectivity index (χ0n) is 12.0. The minimum Gasteiger partial charge on any atom is -0.381 e. The first-order chi connectivity index (χ1) is 9.69. The van der Waals surface area contributed by atoms with Gasteiger partial charge in [-0.25, -0.2) is 8.78 Å². The van der Waals surface area contributed by atoms with Gasteiger partial charge in [-0.3, -0.25) is 0 Å². The lowest BCUT2D eigenvalue weighted by Crippen LogP contribution is -2.34. The van der Waals surface area contributed by atoms with Crippen LogP contribution < -0.4 is 5.32 Å². The summed E-state index contributed by atoms with van der Waals surface area (Å²) in [5.74, 6) is -0.419. The van der Waals surface area contributed by atoms with Gasteiger partial charge in [0.2, 0.25) is 0 Å². The van der Waals surface area contributed by atoms with Gasteiger partial charge in [0.1, 0.15) is 11.6 Å². The second-order valence-electron chi connectivity index (χ2n) is 5.56. The number of hydrogen-bond acceptors (Lipinski definition) is 2. The Morgan fingerprint density at radius 2 is 2.25 bits per heavy atom. The molecule has 4 heteroatoms. The minimum atomic E-state index is -0.520. The fourth-order valence-electron chi connectivity index (χ4n) is 2.71. The summed E-state index contributed by atoms with van der Waals surface area (Å²) in [7, 11) is 0. The molecule has 1 saturated heterocycles. The summed E-state index contributed by atoms with van der Waals surface area (Å²) in [6, 6.07) is 4.07. The molecule has 0 saturated carbocycles. The molecule has 1 heterocycles. The van der Waals surface area contributed by atoms with Gasteiger partial charge in [0.05, 0.1) is 0 Å². The maximum absolute atomic E-state index is 13.8.